The van der Waals surface area contributed by atoms with Crippen molar-refractivity contribution in [1.82, 2.24) is 4.90 Å². The van der Waals surface area contributed by atoms with Crippen molar-refractivity contribution in [2.45, 2.75) is 82.9 Å². The predicted octanol–water partition coefficient (Wildman–Crippen LogP) is 9.02. The van der Waals surface area contributed by atoms with Gasteiger partial charge in [-0.05, 0) is 77.6 Å². The first-order chi connectivity index (χ1) is 20.1. The Morgan fingerprint density at radius 3 is 2.49 bits per heavy atom. The third kappa shape index (κ3) is 6.29. The fraction of sp³-hybridized carbons (Fsp3) is 0.412. The van der Waals surface area contributed by atoms with Gasteiger partial charge in [0.25, 0.3) is 5.91 Å². The van der Waals surface area contributed by atoms with Crippen molar-refractivity contribution in [3.8, 4) is 11.5 Å². The van der Waals surface area contributed by atoms with Crippen LogP contribution in [0.3, 0.4) is 0 Å². The van der Waals surface area contributed by atoms with Gasteiger partial charge in [0.1, 0.15) is 6.61 Å². The third-order valence-electron chi connectivity index (χ3n) is 8.45. The van der Waals surface area contributed by atoms with E-state index in [9.17, 15) is 4.79 Å². The summed E-state index contributed by atoms with van der Waals surface area (Å²) in [7, 11) is 1.61. The molecule has 7 heteroatoms. The number of benzene rings is 3. The average Bonchev–Trinajstić information content (AvgIpc) is 3.30. The summed E-state index contributed by atoms with van der Waals surface area (Å²) in [4.78, 5) is 21.6. The van der Waals surface area contributed by atoms with Crippen LogP contribution in [0.4, 0.5) is 0 Å². The summed E-state index contributed by atoms with van der Waals surface area (Å²) in [6.45, 7) is 0.365. The average molecular weight is 589 g/mol. The van der Waals surface area contributed by atoms with Gasteiger partial charge in [0, 0.05) is 6.04 Å². The molecule has 1 aliphatic heterocycles. The fourth-order valence-corrected chi connectivity index (χ4v) is 7.67. The first-order valence-electron chi connectivity index (χ1n) is 14.9. The van der Waals surface area contributed by atoms with Crippen LogP contribution in [0.5, 0.6) is 11.5 Å². The fourth-order valence-electron chi connectivity index (χ4n) is 6.29. The van der Waals surface area contributed by atoms with Crippen molar-refractivity contribution in [3.05, 3.63) is 75.7 Å². The minimum atomic E-state index is 0.0582. The van der Waals surface area contributed by atoms with Crippen molar-refractivity contribution in [3.63, 3.8) is 0 Å². The molecule has 0 N–H and O–H groups in total. The topological polar surface area (TPSA) is 51.1 Å². The molecular formula is C34H37ClN2O3S. The molecule has 1 heterocycles. The number of carbonyl (C=O) groups is 1. The zero-order valence-electron chi connectivity index (χ0n) is 23.6. The number of thioether (sulfide) groups is 1. The van der Waals surface area contributed by atoms with E-state index in [1.807, 2.05) is 41.3 Å². The Morgan fingerprint density at radius 1 is 0.976 bits per heavy atom. The minimum Gasteiger partial charge on any atom is -0.493 e. The van der Waals surface area contributed by atoms with Crippen LogP contribution < -0.4 is 9.47 Å². The van der Waals surface area contributed by atoms with E-state index in [2.05, 4.69) is 24.3 Å². The van der Waals surface area contributed by atoms with Crippen LogP contribution in [0.25, 0.3) is 16.8 Å². The van der Waals surface area contributed by atoms with Crippen molar-refractivity contribution < 1.29 is 14.3 Å². The molecule has 3 fully saturated rings. The molecule has 0 atom stereocenters. The summed E-state index contributed by atoms with van der Waals surface area (Å²) in [5, 5.41) is 3.65. The quantitative estimate of drug-likeness (QED) is 0.258. The molecule has 2 aliphatic carbocycles. The van der Waals surface area contributed by atoms with Gasteiger partial charge in [-0.3, -0.25) is 14.7 Å². The number of amides is 1. The lowest BCUT2D eigenvalue weighted by molar-refractivity contribution is -0.124. The summed E-state index contributed by atoms with van der Waals surface area (Å²) in [5.74, 6) is 1.10. The molecule has 3 aliphatic rings. The molecule has 1 amide bonds. The Morgan fingerprint density at radius 2 is 1.71 bits per heavy atom. The molecule has 0 aromatic heterocycles. The van der Waals surface area contributed by atoms with E-state index in [0.717, 1.165) is 47.4 Å². The highest BCUT2D eigenvalue weighted by Crippen LogP contribution is 2.41. The van der Waals surface area contributed by atoms with E-state index in [-0.39, 0.29) is 11.9 Å². The Labute approximate surface area is 252 Å². The normalized spacial score (nSPS) is 20.8. The number of hydrogen-bond donors (Lipinski definition) is 0. The van der Waals surface area contributed by atoms with Gasteiger partial charge in [-0.15, -0.1) is 0 Å². The zero-order valence-corrected chi connectivity index (χ0v) is 25.2. The van der Waals surface area contributed by atoms with Gasteiger partial charge in [0.2, 0.25) is 0 Å². The second-order valence-electron chi connectivity index (χ2n) is 11.2. The van der Waals surface area contributed by atoms with Crippen LogP contribution in [0.1, 0.15) is 75.3 Å². The van der Waals surface area contributed by atoms with Gasteiger partial charge in [-0.1, -0.05) is 92.6 Å². The highest BCUT2D eigenvalue weighted by molar-refractivity contribution is 8.18. The van der Waals surface area contributed by atoms with Gasteiger partial charge in [-0.2, -0.15) is 0 Å². The number of aliphatic imine (C=N–C) groups is 1. The van der Waals surface area contributed by atoms with Gasteiger partial charge >= 0.3 is 0 Å². The maximum absolute atomic E-state index is 13.8. The number of fused-ring (bicyclic) bond motifs is 1. The molecule has 5 nitrogen and oxygen atoms in total. The molecule has 3 aromatic carbocycles. The number of methoxy groups -OCH3 is 1. The van der Waals surface area contributed by atoms with Gasteiger partial charge in [0.15, 0.2) is 16.7 Å². The number of hydrogen-bond acceptors (Lipinski definition) is 5. The number of nitrogens with zero attached hydrogens (tertiary/aromatic N) is 2. The Balaban J connectivity index is 1.26. The van der Waals surface area contributed by atoms with Gasteiger partial charge in [0.05, 0.1) is 23.1 Å². The molecule has 1 saturated heterocycles. The first-order valence-corrected chi connectivity index (χ1v) is 16.1. The SMILES string of the molecule is COc1cc(C=C2SC(=NC3CCCCC3)N(C3CCCCC3)C2=O)cc(Cl)c1OCc1cccc2ccccc12. The second-order valence-corrected chi connectivity index (χ2v) is 12.7. The lowest BCUT2D eigenvalue weighted by Crippen LogP contribution is -2.41. The predicted molar refractivity (Wildman–Crippen MR) is 170 cm³/mol. The van der Waals surface area contributed by atoms with E-state index in [4.69, 9.17) is 26.1 Å². The van der Waals surface area contributed by atoms with Crippen LogP contribution >= 0.6 is 23.4 Å². The largest absolute Gasteiger partial charge is 0.493 e. The van der Waals surface area contributed by atoms with Crippen molar-refractivity contribution in [1.29, 1.82) is 0 Å². The van der Waals surface area contributed by atoms with Crippen LogP contribution in [-0.4, -0.2) is 35.2 Å². The summed E-state index contributed by atoms with van der Waals surface area (Å²) in [6.07, 6.45) is 13.6. The van der Waals surface area contributed by atoms with E-state index in [0.29, 0.717) is 34.1 Å². The number of halogens is 1. The molecule has 3 aromatic rings. The van der Waals surface area contributed by atoms with Crippen molar-refractivity contribution >= 4 is 51.3 Å². The zero-order chi connectivity index (χ0) is 28.2. The van der Waals surface area contributed by atoms with Crippen LogP contribution in [-0.2, 0) is 11.4 Å². The number of rotatable bonds is 7. The Kier molecular flexibility index (Phi) is 8.87. The first kappa shape index (κ1) is 28.2. The second kappa shape index (κ2) is 12.9. The van der Waals surface area contributed by atoms with Gasteiger partial charge < -0.3 is 9.47 Å². The monoisotopic (exact) mass is 588 g/mol. The molecule has 0 radical (unpaired) electrons. The molecular weight excluding hydrogens is 552 g/mol. The molecule has 0 spiro atoms. The van der Waals surface area contributed by atoms with E-state index >= 15 is 0 Å². The maximum atomic E-state index is 13.8. The minimum absolute atomic E-state index is 0.0582. The van der Waals surface area contributed by atoms with Crippen LogP contribution in [0, 0.1) is 0 Å². The van der Waals surface area contributed by atoms with Crippen molar-refractivity contribution in [2.75, 3.05) is 7.11 Å². The van der Waals surface area contributed by atoms with Crippen LogP contribution in [0.2, 0.25) is 5.02 Å². The molecule has 2 saturated carbocycles. The summed E-state index contributed by atoms with van der Waals surface area (Å²) < 4.78 is 11.9. The number of ether oxygens (including phenoxy) is 2. The van der Waals surface area contributed by atoms with E-state index in [1.165, 1.54) is 55.7 Å². The highest BCUT2D eigenvalue weighted by Gasteiger charge is 2.39. The number of amidine groups is 1. The van der Waals surface area contributed by atoms with Crippen molar-refractivity contribution in [2.24, 2.45) is 4.99 Å². The molecule has 214 valence electrons. The lowest BCUT2D eigenvalue weighted by Gasteiger charge is -2.31. The van der Waals surface area contributed by atoms with Crippen LogP contribution in [0.15, 0.2) is 64.5 Å². The summed E-state index contributed by atoms with van der Waals surface area (Å²) in [6, 6.07) is 18.8. The molecule has 0 unspecified atom stereocenters. The molecule has 0 bridgehead atoms. The highest BCUT2D eigenvalue weighted by atomic mass is 35.5. The smallest absolute Gasteiger partial charge is 0.266 e. The standard InChI is InChI=1S/C34H37ClN2O3S/c1-39-30-20-23(19-29(35)32(30)40-22-25-13-10-12-24-11-8-9-18-28(24)25)21-31-33(38)37(27-16-6-3-7-17-27)34(41-31)36-26-14-4-2-5-15-26/h8-13,18-21,26-27H,2-7,14-17,22H2,1H3. The molecule has 41 heavy (non-hydrogen) atoms. The van der Waals surface area contributed by atoms with E-state index in [1.54, 1.807) is 7.11 Å². The van der Waals surface area contributed by atoms with Gasteiger partial charge in [-0.25, -0.2) is 0 Å². The van der Waals surface area contributed by atoms with E-state index < -0.39 is 0 Å². The Hall–Kier alpha value is -2.96. The summed E-state index contributed by atoms with van der Waals surface area (Å²) >= 11 is 8.28. The number of carbonyl (C=O) groups excluding carboxylic acids is 1. The summed E-state index contributed by atoms with van der Waals surface area (Å²) in [5.41, 5.74) is 1.88. The molecule has 6 rings (SSSR count). The lowest BCUT2D eigenvalue weighted by atomic mass is 9.94. The third-order valence-corrected chi connectivity index (χ3v) is 9.72. The maximum Gasteiger partial charge on any atom is 0.266 e. The Bertz CT molecular complexity index is 1470.